The van der Waals surface area contributed by atoms with E-state index in [0.717, 1.165) is 32.5 Å². The number of amides is 1. The van der Waals surface area contributed by atoms with Gasteiger partial charge in [-0.1, -0.05) is 20.3 Å². The first-order chi connectivity index (χ1) is 8.11. The lowest BCUT2D eigenvalue weighted by Gasteiger charge is -2.39. The molecule has 0 bridgehead atoms. The Balaban J connectivity index is 0.00000289. The minimum absolute atomic E-state index is 0. The van der Waals surface area contributed by atoms with Crippen molar-refractivity contribution in [1.82, 2.24) is 10.2 Å². The van der Waals surface area contributed by atoms with Crippen molar-refractivity contribution in [1.29, 1.82) is 0 Å². The molecule has 5 heteroatoms. The fourth-order valence-corrected chi connectivity index (χ4v) is 2.13. The lowest BCUT2D eigenvalue weighted by atomic mass is 9.78. The smallest absolute Gasteiger partial charge is 0.236 e. The molecule has 0 radical (unpaired) electrons. The average molecular weight is 279 g/mol. The summed E-state index contributed by atoms with van der Waals surface area (Å²) in [7, 11) is 1.67. The van der Waals surface area contributed by atoms with Crippen LogP contribution in [0.5, 0.6) is 0 Å². The average Bonchev–Trinajstić information content (AvgIpc) is 2.35. The molecule has 1 heterocycles. The van der Waals surface area contributed by atoms with Gasteiger partial charge in [0, 0.05) is 26.7 Å². The van der Waals surface area contributed by atoms with E-state index in [-0.39, 0.29) is 18.3 Å². The van der Waals surface area contributed by atoms with Crippen LogP contribution >= 0.6 is 12.4 Å². The molecule has 1 aliphatic rings. The predicted octanol–water partition coefficient (Wildman–Crippen LogP) is 1.68. The number of ether oxygens (including phenoxy) is 1. The summed E-state index contributed by atoms with van der Waals surface area (Å²) in [4.78, 5) is 13.9. The van der Waals surface area contributed by atoms with E-state index < -0.39 is 0 Å². The Hall–Kier alpha value is -0.320. The van der Waals surface area contributed by atoms with Crippen LogP contribution in [0.25, 0.3) is 0 Å². The summed E-state index contributed by atoms with van der Waals surface area (Å²) in [5, 5.41) is 3.10. The molecule has 0 aromatic heterocycles. The zero-order valence-electron chi connectivity index (χ0n) is 11.8. The van der Waals surface area contributed by atoms with Crippen molar-refractivity contribution in [3.8, 4) is 0 Å². The minimum atomic E-state index is 0. The first-order valence-electron chi connectivity index (χ1n) is 6.59. The van der Waals surface area contributed by atoms with Crippen molar-refractivity contribution in [2.45, 2.75) is 33.1 Å². The molecule has 0 aliphatic carbocycles. The van der Waals surface area contributed by atoms with Crippen molar-refractivity contribution in [2.24, 2.45) is 5.41 Å². The normalized spacial score (nSPS) is 18.3. The van der Waals surface area contributed by atoms with Crippen LogP contribution < -0.4 is 5.32 Å². The summed E-state index contributed by atoms with van der Waals surface area (Å²) in [6.07, 6.45) is 3.47. The third kappa shape index (κ3) is 5.55. The van der Waals surface area contributed by atoms with Crippen LogP contribution in [0.4, 0.5) is 0 Å². The Bertz CT molecular complexity index is 241. The highest BCUT2D eigenvalue weighted by Gasteiger charge is 2.29. The van der Waals surface area contributed by atoms with E-state index >= 15 is 0 Å². The van der Waals surface area contributed by atoms with Gasteiger partial charge in [0.1, 0.15) is 0 Å². The number of carbonyl (C=O) groups is 1. The van der Waals surface area contributed by atoms with E-state index in [1.165, 1.54) is 6.42 Å². The largest absolute Gasteiger partial charge is 0.383 e. The minimum Gasteiger partial charge on any atom is -0.383 e. The number of hydrogen-bond acceptors (Lipinski definition) is 3. The van der Waals surface area contributed by atoms with Crippen LogP contribution in [0.15, 0.2) is 0 Å². The van der Waals surface area contributed by atoms with Gasteiger partial charge in [-0.3, -0.25) is 4.79 Å². The van der Waals surface area contributed by atoms with Crippen molar-refractivity contribution in [3.63, 3.8) is 0 Å². The first-order valence-corrected chi connectivity index (χ1v) is 6.59. The monoisotopic (exact) mass is 278 g/mol. The Labute approximate surface area is 117 Å². The second-order valence-corrected chi connectivity index (χ2v) is 5.21. The summed E-state index contributed by atoms with van der Waals surface area (Å²) >= 11 is 0. The summed E-state index contributed by atoms with van der Waals surface area (Å²) in [6, 6.07) is 0. The van der Waals surface area contributed by atoms with Gasteiger partial charge >= 0.3 is 0 Å². The number of rotatable bonds is 6. The van der Waals surface area contributed by atoms with Gasteiger partial charge in [-0.25, -0.2) is 0 Å². The van der Waals surface area contributed by atoms with Crippen molar-refractivity contribution in [3.05, 3.63) is 0 Å². The molecule has 1 rings (SSSR count). The zero-order chi connectivity index (χ0) is 12.7. The van der Waals surface area contributed by atoms with Gasteiger partial charge in [-0.05, 0) is 18.3 Å². The molecule has 1 fully saturated rings. The van der Waals surface area contributed by atoms with Crippen molar-refractivity contribution >= 4 is 18.3 Å². The summed E-state index contributed by atoms with van der Waals surface area (Å²) in [5.74, 6) is 0.222. The zero-order valence-corrected chi connectivity index (χ0v) is 12.6. The molecular formula is C13H27ClN2O2. The standard InChI is InChI=1S/C13H26N2O2.ClH/c1-4-13(2)5-8-15(9-6-13)12(16)11-14-7-10-17-3;/h14H,4-11H2,1-3H3;1H. The highest BCUT2D eigenvalue weighted by Crippen LogP contribution is 2.33. The molecule has 1 N–H and O–H groups in total. The van der Waals surface area contributed by atoms with Gasteiger partial charge in [0.05, 0.1) is 13.2 Å². The Morgan fingerprint density at radius 3 is 2.50 bits per heavy atom. The fraction of sp³-hybridized carbons (Fsp3) is 0.923. The molecule has 1 saturated heterocycles. The topological polar surface area (TPSA) is 41.6 Å². The molecule has 4 nitrogen and oxygen atoms in total. The molecule has 1 aliphatic heterocycles. The molecule has 1 amide bonds. The molecule has 18 heavy (non-hydrogen) atoms. The lowest BCUT2D eigenvalue weighted by Crippen LogP contribution is -2.45. The predicted molar refractivity (Wildman–Crippen MR) is 76.2 cm³/mol. The van der Waals surface area contributed by atoms with E-state index in [2.05, 4.69) is 19.2 Å². The van der Waals surface area contributed by atoms with Crippen LogP contribution in [0.3, 0.4) is 0 Å². The number of methoxy groups -OCH3 is 1. The maximum atomic E-state index is 11.9. The second kappa shape index (κ2) is 8.73. The number of piperidine rings is 1. The van der Waals surface area contributed by atoms with Gasteiger partial charge in [-0.2, -0.15) is 0 Å². The Kier molecular flexibility index (Phi) is 8.57. The fourth-order valence-electron chi connectivity index (χ4n) is 2.13. The maximum absolute atomic E-state index is 11.9. The first kappa shape index (κ1) is 17.7. The maximum Gasteiger partial charge on any atom is 0.236 e. The van der Waals surface area contributed by atoms with E-state index in [1.54, 1.807) is 7.11 Å². The molecule has 0 aromatic carbocycles. The number of nitrogens with zero attached hydrogens (tertiary/aromatic N) is 1. The molecular weight excluding hydrogens is 252 g/mol. The molecule has 0 spiro atoms. The van der Waals surface area contributed by atoms with Crippen molar-refractivity contribution in [2.75, 3.05) is 39.9 Å². The molecule has 0 saturated carbocycles. The molecule has 108 valence electrons. The van der Waals surface area contributed by atoms with E-state index in [4.69, 9.17) is 4.74 Å². The van der Waals surface area contributed by atoms with Crippen LogP contribution in [-0.2, 0) is 9.53 Å². The van der Waals surface area contributed by atoms with Gasteiger partial charge in [0.15, 0.2) is 0 Å². The summed E-state index contributed by atoms with van der Waals surface area (Å²) in [6.45, 7) is 8.22. The summed E-state index contributed by atoms with van der Waals surface area (Å²) < 4.78 is 4.92. The lowest BCUT2D eigenvalue weighted by molar-refractivity contribution is -0.132. The van der Waals surface area contributed by atoms with Crippen molar-refractivity contribution < 1.29 is 9.53 Å². The third-order valence-corrected chi connectivity index (χ3v) is 3.94. The third-order valence-electron chi connectivity index (χ3n) is 3.94. The highest BCUT2D eigenvalue weighted by atomic mass is 35.5. The van der Waals surface area contributed by atoms with E-state index in [0.29, 0.717) is 18.6 Å². The quantitative estimate of drug-likeness (QED) is 0.752. The van der Waals surface area contributed by atoms with Crippen LogP contribution in [-0.4, -0.2) is 50.7 Å². The molecule has 0 atom stereocenters. The van der Waals surface area contributed by atoms with Gasteiger partial charge < -0.3 is 15.0 Å². The molecule has 0 aromatic rings. The SMILES string of the molecule is CCC1(C)CCN(C(=O)CNCCOC)CC1.Cl. The van der Waals surface area contributed by atoms with Gasteiger partial charge in [-0.15, -0.1) is 12.4 Å². The Morgan fingerprint density at radius 2 is 2.00 bits per heavy atom. The van der Waals surface area contributed by atoms with Gasteiger partial charge in [0.25, 0.3) is 0 Å². The summed E-state index contributed by atoms with van der Waals surface area (Å²) in [5.41, 5.74) is 0.445. The van der Waals surface area contributed by atoms with Gasteiger partial charge in [0.2, 0.25) is 5.91 Å². The number of halogens is 1. The molecule has 0 unspecified atom stereocenters. The number of hydrogen-bond donors (Lipinski definition) is 1. The van der Waals surface area contributed by atoms with E-state index in [9.17, 15) is 4.79 Å². The van der Waals surface area contributed by atoms with Crippen LogP contribution in [0, 0.1) is 5.41 Å². The van der Waals surface area contributed by atoms with Crippen LogP contribution in [0.1, 0.15) is 33.1 Å². The highest BCUT2D eigenvalue weighted by molar-refractivity contribution is 5.85. The second-order valence-electron chi connectivity index (χ2n) is 5.21. The Morgan fingerprint density at radius 1 is 1.39 bits per heavy atom. The van der Waals surface area contributed by atoms with Crippen LogP contribution in [0.2, 0.25) is 0 Å². The van der Waals surface area contributed by atoms with E-state index in [1.807, 2.05) is 4.90 Å². The number of nitrogens with one attached hydrogen (secondary N) is 1. The number of likely N-dealkylation sites (tertiary alicyclic amines) is 1. The number of carbonyl (C=O) groups excluding carboxylic acids is 1.